The van der Waals surface area contributed by atoms with Crippen molar-refractivity contribution in [3.8, 4) is 9.88 Å². The van der Waals surface area contributed by atoms with Crippen molar-refractivity contribution in [2.24, 2.45) is 0 Å². The minimum Gasteiger partial charge on any atom is -0.374 e. The molecule has 0 amide bonds. The molecule has 0 aliphatic rings. The van der Waals surface area contributed by atoms with Gasteiger partial charge in [-0.2, -0.15) is 0 Å². The van der Waals surface area contributed by atoms with Crippen molar-refractivity contribution in [3.05, 3.63) is 10.7 Å². The standard InChI is InChI=1S/C13H20N4S2/c1-12(2,3)8-7(9-16-17-11(14)19-9)18-10(15-8)13(4,5)6/h1-6H3,(H2,14,17). The average molecular weight is 296 g/mol. The molecule has 6 heteroatoms. The molecule has 0 unspecified atom stereocenters. The maximum absolute atomic E-state index is 5.70. The molecule has 0 radical (unpaired) electrons. The summed E-state index contributed by atoms with van der Waals surface area (Å²) < 4.78 is 0. The van der Waals surface area contributed by atoms with E-state index in [0.717, 1.165) is 20.6 Å². The van der Waals surface area contributed by atoms with Gasteiger partial charge >= 0.3 is 0 Å². The minimum absolute atomic E-state index is 0.0181. The third-order valence-electron chi connectivity index (χ3n) is 2.61. The zero-order valence-corrected chi connectivity index (χ0v) is 13.9. The molecular formula is C13H20N4S2. The molecule has 0 aromatic carbocycles. The normalized spacial score (nSPS) is 12.9. The fourth-order valence-corrected chi connectivity index (χ4v) is 3.63. The molecule has 0 aliphatic carbocycles. The number of nitrogens with zero attached hydrogens (tertiary/aromatic N) is 3. The van der Waals surface area contributed by atoms with Gasteiger partial charge in [-0.1, -0.05) is 52.9 Å². The molecule has 2 heterocycles. The number of anilines is 1. The van der Waals surface area contributed by atoms with E-state index in [0.29, 0.717) is 5.13 Å². The van der Waals surface area contributed by atoms with E-state index in [-0.39, 0.29) is 10.8 Å². The van der Waals surface area contributed by atoms with E-state index in [1.54, 1.807) is 11.3 Å². The zero-order chi connectivity index (χ0) is 14.4. The first-order valence-corrected chi connectivity index (χ1v) is 7.83. The summed E-state index contributed by atoms with van der Waals surface area (Å²) in [6.07, 6.45) is 0. The molecule has 19 heavy (non-hydrogen) atoms. The van der Waals surface area contributed by atoms with Gasteiger partial charge in [-0.25, -0.2) is 4.98 Å². The van der Waals surface area contributed by atoms with Crippen LogP contribution in [0.5, 0.6) is 0 Å². The maximum atomic E-state index is 5.70. The van der Waals surface area contributed by atoms with Crippen molar-refractivity contribution < 1.29 is 0 Å². The fraction of sp³-hybridized carbons (Fsp3) is 0.615. The number of hydrogen-bond donors (Lipinski definition) is 1. The third-order valence-corrected chi connectivity index (χ3v) is 5.00. The predicted molar refractivity (Wildman–Crippen MR) is 82.8 cm³/mol. The van der Waals surface area contributed by atoms with Gasteiger partial charge < -0.3 is 5.73 Å². The topological polar surface area (TPSA) is 64.7 Å². The van der Waals surface area contributed by atoms with Gasteiger partial charge in [0.05, 0.1) is 15.6 Å². The van der Waals surface area contributed by atoms with Gasteiger partial charge in [0.15, 0.2) is 5.01 Å². The van der Waals surface area contributed by atoms with Crippen LogP contribution in [0.4, 0.5) is 5.13 Å². The summed E-state index contributed by atoms with van der Waals surface area (Å²) in [7, 11) is 0. The van der Waals surface area contributed by atoms with Crippen LogP contribution < -0.4 is 5.73 Å². The molecule has 2 aromatic rings. The predicted octanol–water partition coefficient (Wildman–Crippen LogP) is 3.84. The Balaban J connectivity index is 2.62. The van der Waals surface area contributed by atoms with E-state index in [2.05, 4.69) is 51.7 Å². The lowest BCUT2D eigenvalue weighted by Crippen LogP contribution is -2.15. The Bertz CT molecular complexity index is 585. The van der Waals surface area contributed by atoms with Gasteiger partial charge in [0, 0.05) is 10.8 Å². The fourth-order valence-electron chi connectivity index (χ4n) is 1.62. The SMILES string of the molecule is CC(C)(C)c1nc(C(C)(C)C)c(-c2nnc(N)s2)s1. The monoisotopic (exact) mass is 296 g/mol. The minimum atomic E-state index is -0.0181. The van der Waals surface area contributed by atoms with Crippen molar-refractivity contribution in [2.75, 3.05) is 5.73 Å². The summed E-state index contributed by atoms with van der Waals surface area (Å²) in [5.41, 5.74) is 6.80. The van der Waals surface area contributed by atoms with Crippen molar-refractivity contribution in [2.45, 2.75) is 52.4 Å². The first kappa shape index (κ1) is 14.4. The van der Waals surface area contributed by atoms with Gasteiger partial charge in [0.2, 0.25) is 5.13 Å². The van der Waals surface area contributed by atoms with Crippen LogP contribution in [0, 0.1) is 0 Å². The van der Waals surface area contributed by atoms with Crippen LogP contribution in [0.3, 0.4) is 0 Å². The molecule has 0 spiro atoms. The van der Waals surface area contributed by atoms with Crippen LogP contribution >= 0.6 is 22.7 Å². The van der Waals surface area contributed by atoms with Gasteiger partial charge in [-0.05, 0) is 0 Å². The molecule has 104 valence electrons. The number of nitrogens with two attached hydrogens (primary N) is 1. The van der Waals surface area contributed by atoms with E-state index in [4.69, 9.17) is 10.7 Å². The highest BCUT2D eigenvalue weighted by Crippen LogP contribution is 2.41. The molecule has 0 saturated heterocycles. The first-order chi connectivity index (χ1) is 8.59. The van der Waals surface area contributed by atoms with E-state index in [9.17, 15) is 0 Å². The van der Waals surface area contributed by atoms with Crippen LogP contribution in [0.25, 0.3) is 9.88 Å². The second kappa shape index (κ2) is 4.52. The highest BCUT2D eigenvalue weighted by molar-refractivity contribution is 7.23. The number of nitrogen functional groups attached to an aromatic ring is 1. The summed E-state index contributed by atoms with van der Waals surface area (Å²) in [5, 5.41) is 10.6. The Morgan fingerprint density at radius 1 is 0.895 bits per heavy atom. The number of rotatable bonds is 1. The molecule has 0 atom stereocenters. The summed E-state index contributed by atoms with van der Waals surface area (Å²) in [6.45, 7) is 13.0. The molecule has 4 nitrogen and oxygen atoms in total. The Kier molecular flexibility index (Phi) is 3.43. The molecule has 0 fully saturated rings. The van der Waals surface area contributed by atoms with Crippen LogP contribution in [-0.2, 0) is 10.8 Å². The summed E-state index contributed by atoms with van der Waals surface area (Å²) in [6, 6.07) is 0. The Hall–Kier alpha value is -1.01. The second-order valence-electron chi connectivity index (χ2n) is 6.64. The van der Waals surface area contributed by atoms with Crippen LogP contribution in [-0.4, -0.2) is 15.2 Å². The molecule has 2 aromatic heterocycles. The molecule has 2 rings (SSSR count). The summed E-state index contributed by atoms with van der Waals surface area (Å²) >= 11 is 3.12. The van der Waals surface area contributed by atoms with Crippen molar-refractivity contribution in [3.63, 3.8) is 0 Å². The van der Waals surface area contributed by atoms with E-state index >= 15 is 0 Å². The number of thiazole rings is 1. The smallest absolute Gasteiger partial charge is 0.203 e. The van der Waals surface area contributed by atoms with E-state index in [1.165, 1.54) is 11.3 Å². The van der Waals surface area contributed by atoms with Crippen LogP contribution in [0.2, 0.25) is 0 Å². The van der Waals surface area contributed by atoms with Crippen molar-refractivity contribution in [1.82, 2.24) is 15.2 Å². The lowest BCUT2D eigenvalue weighted by Gasteiger charge is -2.17. The number of hydrogen-bond acceptors (Lipinski definition) is 6. The molecule has 2 N–H and O–H groups in total. The molecule has 0 bridgehead atoms. The van der Waals surface area contributed by atoms with Gasteiger partial charge in [-0.15, -0.1) is 21.5 Å². The van der Waals surface area contributed by atoms with Gasteiger partial charge in [0.1, 0.15) is 0 Å². The second-order valence-corrected chi connectivity index (χ2v) is 8.65. The lowest BCUT2D eigenvalue weighted by atomic mass is 9.91. The molecular weight excluding hydrogens is 276 g/mol. The highest BCUT2D eigenvalue weighted by Gasteiger charge is 2.29. The lowest BCUT2D eigenvalue weighted by molar-refractivity contribution is 0.548. The summed E-state index contributed by atoms with van der Waals surface area (Å²) in [4.78, 5) is 5.96. The summed E-state index contributed by atoms with van der Waals surface area (Å²) in [5.74, 6) is 0. The zero-order valence-electron chi connectivity index (χ0n) is 12.2. The van der Waals surface area contributed by atoms with Crippen molar-refractivity contribution in [1.29, 1.82) is 0 Å². The van der Waals surface area contributed by atoms with Gasteiger partial charge in [0.25, 0.3) is 0 Å². The van der Waals surface area contributed by atoms with Crippen LogP contribution in [0.15, 0.2) is 0 Å². The quantitative estimate of drug-likeness (QED) is 0.868. The maximum Gasteiger partial charge on any atom is 0.203 e. The largest absolute Gasteiger partial charge is 0.374 e. The average Bonchev–Trinajstić information content (AvgIpc) is 2.79. The Labute approximate surface area is 122 Å². The van der Waals surface area contributed by atoms with E-state index < -0.39 is 0 Å². The molecule has 0 saturated carbocycles. The first-order valence-electron chi connectivity index (χ1n) is 6.20. The Morgan fingerprint density at radius 3 is 1.95 bits per heavy atom. The van der Waals surface area contributed by atoms with Crippen molar-refractivity contribution >= 4 is 27.8 Å². The molecule has 0 aliphatic heterocycles. The third kappa shape index (κ3) is 2.95. The van der Waals surface area contributed by atoms with E-state index in [1.807, 2.05) is 0 Å². The number of aromatic nitrogens is 3. The van der Waals surface area contributed by atoms with Gasteiger partial charge in [-0.3, -0.25) is 0 Å². The highest BCUT2D eigenvalue weighted by atomic mass is 32.1. The Morgan fingerprint density at radius 2 is 1.53 bits per heavy atom. The van der Waals surface area contributed by atoms with Crippen LogP contribution in [0.1, 0.15) is 52.2 Å².